The number of nitrogens with one attached hydrogen (secondary N) is 1. The quantitative estimate of drug-likeness (QED) is 0.817. The first-order chi connectivity index (χ1) is 10.1. The Labute approximate surface area is 126 Å². The van der Waals surface area contributed by atoms with Gasteiger partial charge in [-0.25, -0.2) is 4.79 Å². The number of ether oxygens (including phenoxy) is 1. The molecule has 1 aliphatic heterocycles. The van der Waals surface area contributed by atoms with Crippen LogP contribution in [0.15, 0.2) is 16.5 Å². The van der Waals surface area contributed by atoms with E-state index in [0.717, 1.165) is 24.8 Å². The Balaban J connectivity index is 1.78. The van der Waals surface area contributed by atoms with E-state index in [0.29, 0.717) is 0 Å². The number of carbonyl (C=O) groups excluding carboxylic acids is 1. The Morgan fingerprint density at radius 3 is 2.81 bits per heavy atom. The smallest absolute Gasteiger partial charge is 0.373 e. The van der Waals surface area contributed by atoms with E-state index in [9.17, 15) is 4.79 Å². The molecule has 1 unspecified atom stereocenters. The van der Waals surface area contributed by atoms with Crippen molar-refractivity contribution >= 4 is 5.97 Å². The summed E-state index contributed by atoms with van der Waals surface area (Å²) in [4.78, 5) is 13.9. The van der Waals surface area contributed by atoms with Gasteiger partial charge in [0.2, 0.25) is 5.76 Å². The lowest BCUT2D eigenvalue weighted by molar-refractivity contribution is 0.0562. The molecule has 0 saturated carbocycles. The average molecular weight is 294 g/mol. The van der Waals surface area contributed by atoms with Crippen LogP contribution in [-0.2, 0) is 4.74 Å². The van der Waals surface area contributed by atoms with E-state index >= 15 is 0 Å². The second kappa shape index (κ2) is 7.61. The lowest BCUT2D eigenvalue weighted by atomic mass is 9.96. The molecule has 0 aliphatic carbocycles. The number of nitrogens with zero attached hydrogens (tertiary/aromatic N) is 1. The summed E-state index contributed by atoms with van der Waals surface area (Å²) in [5.74, 6) is 1.34. The third kappa shape index (κ3) is 4.32. The van der Waals surface area contributed by atoms with Gasteiger partial charge in [-0.1, -0.05) is 6.92 Å². The van der Waals surface area contributed by atoms with E-state index in [1.54, 1.807) is 6.07 Å². The molecule has 1 fully saturated rings. The zero-order valence-electron chi connectivity index (χ0n) is 13.2. The fourth-order valence-corrected chi connectivity index (χ4v) is 2.75. The Kier molecular flexibility index (Phi) is 5.82. The van der Waals surface area contributed by atoms with Gasteiger partial charge in [-0.3, -0.25) is 0 Å². The highest BCUT2D eigenvalue weighted by molar-refractivity contribution is 5.86. The van der Waals surface area contributed by atoms with Crippen molar-refractivity contribution < 1.29 is 13.9 Å². The molecule has 0 aromatic carbocycles. The molecule has 2 heterocycles. The minimum absolute atomic E-state index is 0.104. The van der Waals surface area contributed by atoms with Crippen LogP contribution in [0.25, 0.3) is 0 Å². The first kappa shape index (κ1) is 16.0. The lowest BCUT2D eigenvalue weighted by Crippen LogP contribution is -2.37. The number of likely N-dealkylation sites (tertiary alicyclic amines) is 1. The predicted octanol–water partition coefficient (Wildman–Crippen LogP) is 2.45. The minimum Gasteiger partial charge on any atom is -0.463 e. The van der Waals surface area contributed by atoms with Crippen molar-refractivity contribution in [1.29, 1.82) is 0 Å². The van der Waals surface area contributed by atoms with Gasteiger partial charge >= 0.3 is 5.97 Å². The van der Waals surface area contributed by atoms with Gasteiger partial charge in [0.25, 0.3) is 0 Å². The molecule has 21 heavy (non-hydrogen) atoms. The summed E-state index contributed by atoms with van der Waals surface area (Å²) in [7, 11) is 1.36. The van der Waals surface area contributed by atoms with E-state index < -0.39 is 5.97 Å². The van der Waals surface area contributed by atoms with Gasteiger partial charge in [-0.05, 0) is 64.0 Å². The first-order valence-corrected chi connectivity index (χ1v) is 7.77. The number of hydrogen-bond acceptors (Lipinski definition) is 5. The first-order valence-electron chi connectivity index (χ1n) is 7.77. The number of esters is 1. The monoisotopic (exact) mass is 294 g/mol. The molecule has 0 spiro atoms. The topological polar surface area (TPSA) is 54.7 Å². The fourth-order valence-electron chi connectivity index (χ4n) is 2.75. The third-order valence-electron chi connectivity index (χ3n) is 4.31. The van der Waals surface area contributed by atoms with Crippen molar-refractivity contribution in [1.82, 2.24) is 10.2 Å². The molecule has 5 nitrogen and oxygen atoms in total. The van der Waals surface area contributed by atoms with E-state index in [1.165, 1.54) is 33.0 Å². The van der Waals surface area contributed by atoms with Crippen LogP contribution < -0.4 is 5.32 Å². The Bertz CT molecular complexity index is 450. The molecular formula is C16H26N2O3. The van der Waals surface area contributed by atoms with Crippen LogP contribution in [0, 0.1) is 5.92 Å². The molecule has 1 aliphatic rings. The second-order valence-electron chi connectivity index (χ2n) is 5.70. The van der Waals surface area contributed by atoms with E-state index in [-0.39, 0.29) is 11.8 Å². The summed E-state index contributed by atoms with van der Waals surface area (Å²) < 4.78 is 10.2. The predicted molar refractivity (Wildman–Crippen MR) is 81.3 cm³/mol. The number of methoxy groups -OCH3 is 1. The summed E-state index contributed by atoms with van der Waals surface area (Å²) in [5.41, 5.74) is 0. The molecule has 5 heteroatoms. The minimum atomic E-state index is -0.430. The lowest BCUT2D eigenvalue weighted by Gasteiger charge is -2.31. The molecule has 1 atom stereocenters. The Morgan fingerprint density at radius 2 is 2.19 bits per heavy atom. The zero-order valence-corrected chi connectivity index (χ0v) is 13.2. The molecule has 2 rings (SSSR count). The van der Waals surface area contributed by atoms with Crippen LogP contribution in [0.1, 0.15) is 49.0 Å². The van der Waals surface area contributed by atoms with Gasteiger partial charge in [0.1, 0.15) is 5.76 Å². The number of hydrogen-bond donors (Lipinski definition) is 1. The molecule has 1 saturated heterocycles. The zero-order chi connectivity index (χ0) is 15.2. The molecule has 118 valence electrons. The highest BCUT2D eigenvalue weighted by atomic mass is 16.5. The van der Waals surface area contributed by atoms with Gasteiger partial charge in [-0.15, -0.1) is 0 Å². The fraction of sp³-hybridized carbons (Fsp3) is 0.688. The van der Waals surface area contributed by atoms with Crippen LogP contribution >= 0.6 is 0 Å². The van der Waals surface area contributed by atoms with Crippen LogP contribution in [-0.4, -0.2) is 44.2 Å². The van der Waals surface area contributed by atoms with Crippen molar-refractivity contribution in [3.05, 3.63) is 23.7 Å². The molecular weight excluding hydrogens is 268 g/mol. The normalized spacial score (nSPS) is 18.6. The maximum Gasteiger partial charge on any atom is 0.373 e. The standard InChI is InChI=1S/C16H26N2O3/c1-4-18-9-7-13(8-10-18)11-17-12(2)14-5-6-15(21-14)16(19)20-3/h5-6,12-13,17H,4,7-11H2,1-3H3. The van der Waals surface area contributed by atoms with Gasteiger partial charge < -0.3 is 19.4 Å². The second-order valence-corrected chi connectivity index (χ2v) is 5.70. The number of carbonyl (C=O) groups is 1. The third-order valence-corrected chi connectivity index (χ3v) is 4.31. The van der Waals surface area contributed by atoms with E-state index in [1.807, 2.05) is 6.07 Å². The molecule has 0 bridgehead atoms. The van der Waals surface area contributed by atoms with E-state index in [4.69, 9.17) is 4.42 Å². The molecule has 1 aromatic heterocycles. The Morgan fingerprint density at radius 1 is 1.48 bits per heavy atom. The highest BCUT2D eigenvalue weighted by Gasteiger charge is 2.20. The van der Waals surface area contributed by atoms with Gasteiger partial charge in [-0.2, -0.15) is 0 Å². The molecule has 1 N–H and O–H groups in total. The van der Waals surface area contributed by atoms with Gasteiger partial charge in [0.15, 0.2) is 0 Å². The molecule has 1 aromatic rings. The summed E-state index contributed by atoms with van der Waals surface area (Å²) in [6.45, 7) is 8.82. The summed E-state index contributed by atoms with van der Waals surface area (Å²) >= 11 is 0. The van der Waals surface area contributed by atoms with Gasteiger partial charge in [0.05, 0.1) is 13.2 Å². The SMILES string of the molecule is CCN1CCC(CNC(C)c2ccc(C(=O)OC)o2)CC1. The maximum atomic E-state index is 11.4. The molecule has 0 amide bonds. The van der Waals surface area contributed by atoms with Crippen molar-refractivity contribution in [3.63, 3.8) is 0 Å². The summed E-state index contributed by atoms with van der Waals surface area (Å²) in [6, 6.07) is 3.61. The van der Waals surface area contributed by atoms with E-state index in [2.05, 4.69) is 28.8 Å². The maximum absolute atomic E-state index is 11.4. The van der Waals surface area contributed by atoms with Crippen molar-refractivity contribution in [3.8, 4) is 0 Å². The number of rotatable bonds is 6. The van der Waals surface area contributed by atoms with Gasteiger partial charge in [0, 0.05) is 0 Å². The summed E-state index contributed by atoms with van der Waals surface area (Å²) in [6.07, 6.45) is 2.50. The van der Waals surface area contributed by atoms with Crippen LogP contribution in [0.3, 0.4) is 0 Å². The van der Waals surface area contributed by atoms with Crippen LogP contribution in [0.4, 0.5) is 0 Å². The van der Waals surface area contributed by atoms with Crippen LogP contribution in [0.5, 0.6) is 0 Å². The van der Waals surface area contributed by atoms with Crippen molar-refractivity contribution in [2.24, 2.45) is 5.92 Å². The molecule has 0 radical (unpaired) electrons. The highest BCUT2D eigenvalue weighted by Crippen LogP contribution is 2.20. The largest absolute Gasteiger partial charge is 0.463 e. The Hall–Kier alpha value is -1.33. The average Bonchev–Trinajstić information content (AvgIpc) is 3.02. The van der Waals surface area contributed by atoms with Crippen LogP contribution in [0.2, 0.25) is 0 Å². The van der Waals surface area contributed by atoms with Crippen molar-refractivity contribution in [2.45, 2.75) is 32.7 Å². The number of furan rings is 1. The number of piperidine rings is 1. The summed E-state index contributed by atoms with van der Waals surface area (Å²) in [5, 5.41) is 3.51. The van der Waals surface area contributed by atoms with Crippen molar-refractivity contribution in [2.75, 3.05) is 33.3 Å².